The van der Waals surface area contributed by atoms with E-state index in [-0.39, 0.29) is 10.8 Å². The van der Waals surface area contributed by atoms with Crippen LogP contribution in [-0.2, 0) is 6.54 Å². The predicted octanol–water partition coefficient (Wildman–Crippen LogP) is 5.44. The van der Waals surface area contributed by atoms with E-state index < -0.39 is 0 Å². The summed E-state index contributed by atoms with van der Waals surface area (Å²) in [7, 11) is 0. The molecule has 1 N–H and O–H groups in total. The molecule has 0 aliphatic carbocycles. The van der Waals surface area contributed by atoms with Crippen molar-refractivity contribution in [2.75, 3.05) is 0 Å². The number of fused-ring (bicyclic) bond motifs is 2. The van der Waals surface area contributed by atoms with Crippen molar-refractivity contribution in [1.82, 2.24) is 19.5 Å². The Morgan fingerprint density at radius 3 is 2.68 bits per heavy atom. The Hall–Kier alpha value is -2.31. The number of halogens is 1. The van der Waals surface area contributed by atoms with Crippen molar-refractivity contribution in [3.05, 3.63) is 63.7 Å². The topological polar surface area (TPSA) is 63.6 Å². The highest BCUT2D eigenvalue weighted by atomic mass is 35.5. The zero-order chi connectivity index (χ0) is 19.8. The number of imidazole rings is 1. The van der Waals surface area contributed by atoms with Gasteiger partial charge in [0.05, 0.1) is 27.2 Å². The largest absolute Gasteiger partial charge is 0.319 e. The van der Waals surface area contributed by atoms with Gasteiger partial charge in [0, 0.05) is 11.6 Å². The first kappa shape index (κ1) is 19.0. The van der Waals surface area contributed by atoms with Crippen LogP contribution in [0, 0.1) is 5.92 Å². The Morgan fingerprint density at radius 1 is 1.11 bits per heavy atom. The molecule has 0 aliphatic rings. The number of hydrogen-bond donors (Lipinski definition) is 1. The summed E-state index contributed by atoms with van der Waals surface area (Å²) in [5, 5.41) is 2.11. The van der Waals surface area contributed by atoms with Crippen LogP contribution in [-0.4, -0.2) is 19.5 Å². The Kier molecular flexibility index (Phi) is 5.17. The maximum Gasteiger partial charge on any atom is 0.258 e. The van der Waals surface area contributed by atoms with Crippen LogP contribution in [0.2, 0.25) is 5.02 Å². The fraction of sp³-hybridized carbons (Fsp3) is 0.286. The van der Waals surface area contributed by atoms with Gasteiger partial charge in [-0.3, -0.25) is 4.79 Å². The molecule has 0 spiro atoms. The van der Waals surface area contributed by atoms with E-state index in [9.17, 15) is 4.79 Å². The summed E-state index contributed by atoms with van der Waals surface area (Å²) in [6.07, 6.45) is 0. The standard InChI is InChI=1S/C21H21ClN4OS/c1-12(2)11-26-18-9-8-14(22)10-17(18)24-21(26)28-13(3)19-23-16-7-5-4-6-15(16)20(27)25-19/h4-10,12-13H,11H2,1-3H3,(H,23,25,27). The van der Waals surface area contributed by atoms with Gasteiger partial charge < -0.3 is 9.55 Å². The average molecular weight is 413 g/mol. The molecule has 5 nitrogen and oxygen atoms in total. The number of hydrogen-bond acceptors (Lipinski definition) is 4. The minimum atomic E-state index is -0.115. The van der Waals surface area contributed by atoms with Crippen LogP contribution >= 0.6 is 23.4 Å². The third-order valence-electron chi connectivity index (χ3n) is 4.52. The molecule has 2 heterocycles. The third-order valence-corrected chi connectivity index (χ3v) is 5.86. The monoisotopic (exact) mass is 412 g/mol. The molecule has 0 fully saturated rings. The summed E-state index contributed by atoms with van der Waals surface area (Å²) in [5.74, 6) is 1.12. The minimum absolute atomic E-state index is 0.0597. The van der Waals surface area contributed by atoms with Gasteiger partial charge in [-0.2, -0.15) is 0 Å². The summed E-state index contributed by atoms with van der Waals surface area (Å²) < 4.78 is 2.22. The fourth-order valence-corrected chi connectivity index (χ4v) is 4.38. The quantitative estimate of drug-likeness (QED) is 0.443. The van der Waals surface area contributed by atoms with Crippen LogP contribution < -0.4 is 5.56 Å². The van der Waals surface area contributed by atoms with Crippen LogP contribution in [0.15, 0.2) is 52.4 Å². The number of rotatable bonds is 5. The number of nitrogens with one attached hydrogen (secondary N) is 1. The number of nitrogens with zero attached hydrogens (tertiary/aromatic N) is 3. The minimum Gasteiger partial charge on any atom is -0.319 e. The van der Waals surface area contributed by atoms with E-state index in [1.165, 1.54) is 0 Å². The van der Waals surface area contributed by atoms with Gasteiger partial charge in [0.15, 0.2) is 5.16 Å². The van der Waals surface area contributed by atoms with Crippen LogP contribution in [0.4, 0.5) is 0 Å². The van der Waals surface area contributed by atoms with Gasteiger partial charge in [-0.25, -0.2) is 9.97 Å². The van der Waals surface area contributed by atoms with Crippen molar-refractivity contribution in [2.24, 2.45) is 5.92 Å². The van der Waals surface area contributed by atoms with Gasteiger partial charge >= 0.3 is 0 Å². The highest BCUT2D eigenvalue weighted by molar-refractivity contribution is 7.99. The number of H-pyrrole nitrogens is 1. The second-order valence-electron chi connectivity index (χ2n) is 7.26. The summed E-state index contributed by atoms with van der Waals surface area (Å²) in [6, 6.07) is 13.2. The summed E-state index contributed by atoms with van der Waals surface area (Å²) in [5.41, 5.74) is 2.53. The van der Waals surface area contributed by atoms with Crippen molar-refractivity contribution < 1.29 is 0 Å². The normalized spacial score (nSPS) is 12.9. The molecule has 7 heteroatoms. The molecule has 28 heavy (non-hydrogen) atoms. The molecule has 0 radical (unpaired) electrons. The summed E-state index contributed by atoms with van der Waals surface area (Å²) in [4.78, 5) is 24.8. The molecule has 0 bridgehead atoms. The fourth-order valence-electron chi connectivity index (χ4n) is 3.22. The Morgan fingerprint density at radius 2 is 1.89 bits per heavy atom. The van der Waals surface area contributed by atoms with E-state index in [2.05, 4.69) is 28.4 Å². The maximum absolute atomic E-state index is 12.4. The third kappa shape index (κ3) is 3.66. The van der Waals surface area contributed by atoms with Gasteiger partial charge in [0.1, 0.15) is 5.82 Å². The smallest absolute Gasteiger partial charge is 0.258 e. The molecule has 2 aromatic carbocycles. The van der Waals surface area contributed by atoms with Gasteiger partial charge in [0.2, 0.25) is 0 Å². The van der Waals surface area contributed by atoms with E-state index in [0.717, 1.165) is 22.7 Å². The first-order chi connectivity index (χ1) is 13.4. The molecule has 0 aliphatic heterocycles. The molecule has 2 aromatic heterocycles. The number of benzene rings is 2. The van der Waals surface area contributed by atoms with E-state index in [1.807, 2.05) is 43.3 Å². The van der Waals surface area contributed by atoms with Gasteiger partial charge in [-0.1, -0.05) is 49.3 Å². The van der Waals surface area contributed by atoms with Gasteiger partial charge in [-0.15, -0.1) is 0 Å². The second-order valence-corrected chi connectivity index (χ2v) is 9.00. The lowest BCUT2D eigenvalue weighted by atomic mass is 10.2. The highest BCUT2D eigenvalue weighted by Gasteiger charge is 2.18. The van der Waals surface area contributed by atoms with E-state index in [1.54, 1.807) is 17.8 Å². The van der Waals surface area contributed by atoms with E-state index in [0.29, 0.717) is 27.7 Å². The first-order valence-corrected chi connectivity index (χ1v) is 10.5. The van der Waals surface area contributed by atoms with Crippen molar-refractivity contribution in [2.45, 2.75) is 37.7 Å². The van der Waals surface area contributed by atoms with Crippen LogP contribution in [0.5, 0.6) is 0 Å². The predicted molar refractivity (Wildman–Crippen MR) is 116 cm³/mol. The molecular formula is C21H21ClN4OS. The lowest BCUT2D eigenvalue weighted by Gasteiger charge is -2.14. The van der Waals surface area contributed by atoms with Crippen molar-refractivity contribution >= 4 is 45.3 Å². The molecule has 144 valence electrons. The molecular weight excluding hydrogens is 392 g/mol. The van der Waals surface area contributed by atoms with Crippen LogP contribution in [0.3, 0.4) is 0 Å². The zero-order valence-corrected chi connectivity index (χ0v) is 17.5. The lowest BCUT2D eigenvalue weighted by Crippen LogP contribution is -2.13. The highest BCUT2D eigenvalue weighted by Crippen LogP contribution is 2.35. The van der Waals surface area contributed by atoms with Gasteiger partial charge in [0.25, 0.3) is 5.56 Å². The molecule has 0 amide bonds. The van der Waals surface area contributed by atoms with Crippen molar-refractivity contribution in [1.29, 1.82) is 0 Å². The number of para-hydroxylation sites is 1. The Bertz CT molecular complexity index is 1210. The molecule has 0 saturated carbocycles. The van der Waals surface area contributed by atoms with E-state index in [4.69, 9.17) is 16.6 Å². The molecule has 4 rings (SSSR count). The van der Waals surface area contributed by atoms with Crippen LogP contribution in [0.1, 0.15) is 31.8 Å². The van der Waals surface area contributed by atoms with E-state index >= 15 is 0 Å². The number of aromatic amines is 1. The summed E-state index contributed by atoms with van der Waals surface area (Å²) in [6.45, 7) is 7.25. The molecule has 1 unspecified atom stereocenters. The Labute approximate surface area is 172 Å². The number of aromatic nitrogens is 4. The SMILES string of the molecule is CC(C)Cn1c(SC(C)c2nc3ccccc3c(=O)[nH]2)nc2cc(Cl)ccc21. The molecule has 4 aromatic rings. The van der Waals surface area contributed by atoms with Crippen molar-refractivity contribution in [3.8, 4) is 0 Å². The molecule has 1 atom stereocenters. The summed E-state index contributed by atoms with van der Waals surface area (Å²) >= 11 is 7.75. The Balaban J connectivity index is 1.74. The van der Waals surface area contributed by atoms with Gasteiger partial charge in [-0.05, 0) is 43.2 Å². The van der Waals surface area contributed by atoms with Crippen LogP contribution in [0.25, 0.3) is 21.9 Å². The number of thioether (sulfide) groups is 1. The van der Waals surface area contributed by atoms with Crippen molar-refractivity contribution in [3.63, 3.8) is 0 Å². The zero-order valence-electron chi connectivity index (χ0n) is 15.9. The first-order valence-electron chi connectivity index (χ1n) is 9.24. The molecule has 0 saturated heterocycles. The average Bonchev–Trinajstić information content (AvgIpc) is 2.97. The maximum atomic E-state index is 12.4. The second kappa shape index (κ2) is 7.60. The lowest BCUT2D eigenvalue weighted by molar-refractivity contribution is 0.504.